The van der Waals surface area contributed by atoms with Crippen molar-refractivity contribution in [1.82, 2.24) is 4.98 Å². The summed E-state index contributed by atoms with van der Waals surface area (Å²) in [6.07, 6.45) is 1.82. The second kappa shape index (κ2) is 3.37. The molecule has 3 heteroatoms. The van der Waals surface area contributed by atoms with Gasteiger partial charge in [0.2, 0.25) is 0 Å². The Bertz CT molecular complexity index is 643. The molecular weight excluding hydrogens is 226 g/mol. The maximum Gasteiger partial charge on any atom is 0.310 e. The number of aromatic amines is 1. The highest BCUT2D eigenvalue weighted by atomic mass is 16.6. The van der Waals surface area contributed by atoms with Crippen molar-refractivity contribution in [3.63, 3.8) is 0 Å². The number of ether oxygens (including phenoxy) is 1. The molecule has 2 heterocycles. The number of cyclic esters (lactones) is 1. The summed E-state index contributed by atoms with van der Waals surface area (Å²) in [5.74, 6) is 0.390. The van der Waals surface area contributed by atoms with E-state index in [2.05, 4.69) is 23.2 Å². The fourth-order valence-corrected chi connectivity index (χ4v) is 3.52. The lowest BCUT2D eigenvalue weighted by Gasteiger charge is -2.23. The highest BCUT2D eigenvalue weighted by Gasteiger charge is 2.45. The largest absolute Gasteiger partial charge is 0.462 e. The second-order valence-corrected chi connectivity index (χ2v) is 5.45. The van der Waals surface area contributed by atoms with E-state index >= 15 is 0 Å². The van der Waals surface area contributed by atoms with Gasteiger partial charge in [0.25, 0.3) is 0 Å². The Labute approximate surface area is 105 Å². The van der Waals surface area contributed by atoms with Crippen molar-refractivity contribution in [2.75, 3.05) is 0 Å². The predicted octanol–water partition coefficient (Wildman–Crippen LogP) is 2.44. The van der Waals surface area contributed by atoms with Crippen LogP contribution in [0.15, 0.2) is 24.3 Å². The van der Waals surface area contributed by atoms with Crippen molar-refractivity contribution < 1.29 is 9.53 Å². The lowest BCUT2D eigenvalue weighted by molar-refractivity contribution is -0.143. The molecule has 4 rings (SSSR count). The number of benzene rings is 1. The summed E-state index contributed by atoms with van der Waals surface area (Å²) >= 11 is 0. The lowest BCUT2D eigenvalue weighted by Crippen LogP contribution is -2.28. The van der Waals surface area contributed by atoms with E-state index < -0.39 is 0 Å². The van der Waals surface area contributed by atoms with Crippen LogP contribution in [0.5, 0.6) is 0 Å². The molecule has 1 aliphatic carbocycles. The van der Waals surface area contributed by atoms with E-state index in [4.69, 9.17) is 4.74 Å². The third-order valence-corrected chi connectivity index (χ3v) is 4.49. The van der Waals surface area contributed by atoms with Gasteiger partial charge in [0.15, 0.2) is 0 Å². The van der Waals surface area contributed by atoms with Gasteiger partial charge < -0.3 is 9.72 Å². The van der Waals surface area contributed by atoms with E-state index in [1.54, 1.807) is 0 Å². The van der Waals surface area contributed by atoms with Gasteiger partial charge >= 0.3 is 5.97 Å². The Morgan fingerprint density at radius 2 is 2.11 bits per heavy atom. The van der Waals surface area contributed by atoms with Crippen LogP contribution in [-0.2, 0) is 22.4 Å². The third kappa shape index (κ3) is 1.22. The quantitative estimate of drug-likeness (QED) is 0.720. The molecule has 0 saturated carbocycles. The van der Waals surface area contributed by atoms with E-state index in [0.717, 1.165) is 12.8 Å². The monoisotopic (exact) mass is 241 g/mol. The number of rotatable bonds is 0. The molecule has 1 aromatic carbocycles. The van der Waals surface area contributed by atoms with Gasteiger partial charge in [-0.3, -0.25) is 4.79 Å². The van der Waals surface area contributed by atoms with Gasteiger partial charge in [0.05, 0.1) is 5.92 Å². The number of hydrogen-bond donors (Lipinski definition) is 1. The fraction of sp³-hybridized carbons (Fsp3) is 0.400. The van der Waals surface area contributed by atoms with E-state index in [0.29, 0.717) is 5.92 Å². The number of para-hydroxylation sites is 1. The van der Waals surface area contributed by atoms with E-state index in [1.165, 1.54) is 22.2 Å². The van der Waals surface area contributed by atoms with Crippen LogP contribution in [-0.4, -0.2) is 17.1 Å². The Morgan fingerprint density at radius 3 is 3.00 bits per heavy atom. The normalized spacial score (nSPS) is 30.1. The molecule has 3 unspecified atom stereocenters. The topological polar surface area (TPSA) is 42.1 Å². The average molecular weight is 241 g/mol. The molecule has 0 radical (unpaired) electrons. The molecule has 1 aliphatic heterocycles. The summed E-state index contributed by atoms with van der Waals surface area (Å²) in [6, 6.07) is 8.38. The zero-order valence-electron chi connectivity index (χ0n) is 10.3. The van der Waals surface area contributed by atoms with E-state index in [9.17, 15) is 4.79 Å². The van der Waals surface area contributed by atoms with Crippen LogP contribution in [0.3, 0.4) is 0 Å². The van der Waals surface area contributed by atoms with Gasteiger partial charge in [-0.05, 0) is 25.0 Å². The molecule has 0 bridgehead atoms. The number of H-pyrrole nitrogens is 1. The number of hydrogen-bond acceptors (Lipinski definition) is 2. The molecule has 1 fully saturated rings. The van der Waals surface area contributed by atoms with Gasteiger partial charge in [-0.15, -0.1) is 0 Å². The van der Waals surface area contributed by atoms with Crippen LogP contribution >= 0.6 is 0 Å². The minimum Gasteiger partial charge on any atom is -0.462 e. The SMILES string of the molecule is CC1OC(=O)C2Cc3[nH]c4ccccc4c3CC12. The molecule has 92 valence electrons. The van der Waals surface area contributed by atoms with Crippen molar-refractivity contribution in [1.29, 1.82) is 0 Å². The first-order chi connectivity index (χ1) is 8.74. The molecule has 2 aliphatic rings. The molecule has 2 aromatic rings. The first-order valence-electron chi connectivity index (χ1n) is 6.53. The third-order valence-electron chi connectivity index (χ3n) is 4.49. The van der Waals surface area contributed by atoms with Crippen LogP contribution < -0.4 is 0 Å². The first-order valence-corrected chi connectivity index (χ1v) is 6.53. The Hall–Kier alpha value is -1.77. The van der Waals surface area contributed by atoms with Gasteiger partial charge in [0.1, 0.15) is 6.10 Å². The predicted molar refractivity (Wildman–Crippen MR) is 68.2 cm³/mol. The van der Waals surface area contributed by atoms with Crippen LogP contribution in [0.25, 0.3) is 10.9 Å². The standard InChI is InChI=1S/C15H15NO2/c1-8-10-6-11-9-4-2-3-5-13(9)16-14(11)7-12(10)15(17)18-8/h2-5,8,10,12,16H,6-7H2,1H3. The molecule has 0 spiro atoms. The second-order valence-electron chi connectivity index (χ2n) is 5.45. The van der Waals surface area contributed by atoms with Crippen LogP contribution in [0.4, 0.5) is 0 Å². The molecule has 1 N–H and O–H groups in total. The number of nitrogens with one attached hydrogen (secondary N) is 1. The minimum absolute atomic E-state index is 0.0168. The van der Waals surface area contributed by atoms with Crippen LogP contribution in [0, 0.1) is 11.8 Å². The first kappa shape index (κ1) is 10.2. The molecule has 3 nitrogen and oxygen atoms in total. The number of carbonyl (C=O) groups is 1. The highest BCUT2D eigenvalue weighted by Crippen LogP contribution is 2.41. The summed E-state index contributed by atoms with van der Waals surface area (Å²) in [6.45, 7) is 2.02. The van der Waals surface area contributed by atoms with Gasteiger partial charge in [0, 0.05) is 28.9 Å². The van der Waals surface area contributed by atoms with Crippen LogP contribution in [0.1, 0.15) is 18.2 Å². The zero-order chi connectivity index (χ0) is 12.3. The van der Waals surface area contributed by atoms with Gasteiger partial charge in [-0.1, -0.05) is 18.2 Å². The van der Waals surface area contributed by atoms with Crippen LogP contribution in [0.2, 0.25) is 0 Å². The van der Waals surface area contributed by atoms with Gasteiger partial charge in [-0.2, -0.15) is 0 Å². The summed E-state index contributed by atoms with van der Waals surface area (Å²) in [4.78, 5) is 15.3. The number of aromatic nitrogens is 1. The molecule has 1 aromatic heterocycles. The molecule has 1 saturated heterocycles. The van der Waals surface area contributed by atoms with Gasteiger partial charge in [-0.25, -0.2) is 0 Å². The van der Waals surface area contributed by atoms with Crippen molar-refractivity contribution in [3.8, 4) is 0 Å². The number of carbonyl (C=O) groups excluding carboxylic acids is 1. The Kier molecular flexibility index (Phi) is 1.91. The van der Waals surface area contributed by atoms with Crippen molar-refractivity contribution in [2.24, 2.45) is 11.8 Å². The lowest BCUT2D eigenvalue weighted by atomic mass is 9.77. The molecule has 18 heavy (non-hydrogen) atoms. The molecule has 0 amide bonds. The van der Waals surface area contributed by atoms with E-state index in [1.807, 2.05) is 13.0 Å². The average Bonchev–Trinajstić information content (AvgIpc) is 2.86. The van der Waals surface area contributed by atoms with Crippen molar-refractivity contribution in [2.45, 2.75) is 25.9 Å². The summed E-state index contributed by atoms with van der Waals surface area (Å²) in [7, 11) is 0. The Morgan fingerprint density at radius 1 is 1.28 bits per heavy atom. The maximum absolute atomic E-state index is 11.8. The highest BCUT2D eigenvalue weighted by molar-refractivity contribution is 5.86. The molecule has 3 atom stereocenters. The maximum atomic E-state index is 11.8. The fourth-order valence-electron chi connectivity index (χ4n) is 3.52. The summed E-state index contributed by atoms with van der Waals surface area (Å²) < 4.78 is 5.37. The minimum atomic E-state index is -0.0168. The summed E-state index contributed by atoms with van der Waals surface area (Å²) in [5, 5.41) is 1.30. The van der Waals surface area contributed by atoms with Crippen molar-refractivity contribution in [3.05, 3.63) is 35.5 Å². The number of esters is 1. The zero-order valence-corrected chi connectivity index (χ0v) is 10.3. The smallest absolute Gasteiger partial charge is 0.310 e. The van der Waals surface area contributed by atoms with E-state index in [-0.39, 0.29) is 18.0 Å². The molecular formula is C15H15NO2. The summed E-state index contributed by atoms with van der Waals surface area (Å²) in [5.41, 5.74) is 3.80. The Balaban J connectivity index is 1.86. The van der Waals surface area contributed by atoms with Crippen molar-refractivity contribution >= 4 is 16.9 Å². The number of fused-ring (bicyclic) bond motifs is 4.